The zero-order valence-corrected chi connectivity index (χ0v) is 63.6. The number of carbonyl (C=O) groups is 4. The van der Waals surface area contributed by atoms with Crippen molar-refractivity contribution in [1.82, 2.24) is 0 Å². The van der Waals surface area contributed by atoms with Crippen LogP contribution in [0.4, 0.5) is 0 Å². The number of phosphoric acid groups is 2. The van der Waals surface area contributed by atoms with E-state index in [1.54, 1.807) is 0 Å². The molecule has 5 atom stereocenters. The number of aliphatic hydroxyl groups is 1. The molecule has 0 aromatic rings. The van der Waals surface area contributed by atoms with Crippen molar-refractivity contribution in [1.29, 1.82) is 0 Å². The minimum absolute atomic E-state index is 0.108. The van der Waals surface area contributed by atoms with Gasteiger partial charge in [0.1, 0.15) is 19.3 Å². The molecular formula is C76H148O17P2. The molecule has 0 aliphatic carbocycles. The number of ether oxygens (including phenoxy) is 4. The van der Waals surface area contributed by atoms with E-state index in [4.69, 9.17) is 37.0 Å². The summed E-state index contributed by atoms with van der Waals surface area (Å²) in [6.45, 7) is 7.27. The molecule has 3 N–H and O–H groups in total. The Labute approximate surface area is 581 Å². The molecule has 0 aliphatic heterocycles. The van der Waals surface area contributed by atoms with Crippen LogP contribution in [0.2, 0.25) is 0 Å². The van der Waals surface area contributed by atoms with Crippen molar-refractivity contribution in [2.45, 2.75) is 419 Å². The molecule has 0 fully saturated rings. The van der Waals surface area contributed by atoms with Crippen molar-refractivity contribution >= 4 is 39.5 Å². The minimum Gasteiger partial charge on any atom is -0.462 e. The van der Waals surface area contributed by atoms with Crippen molar-refractivity contribution in [3.05, 3.63) is 0 Å². The topological polar surface area (TPSA) is 237 Å². The van der Waals surface area contributed by atoms with Crippen LogP contribution in [0, 0.1) is 5.92 Å². The number of hydrogen-bond acceptors (Lipinski definition) is 15. The molecule has 0 radical (unpaired) electrons. The molecule has 0 rings (SSSR count). The van der Waals surface area contributed by atoms with Crippen LogP contribution in [0.3, 0.4) is 0 Å². The van der Waals surface area contributed by atoms with E-state index in [1.165, 1.54) is 225 Å². The second-order valence-electron chi connectivity index (χ2n) is 27.9. The van der Waals surface area contributed by atoms with Gasteiger partial charge in [0.25, 0.3) is 0 Å². The summed E-state index contributed by atoms with van der Waals surface area (Å²) in [5.41, 5.74) is 0. The van der Waals surface area contributed by atoms with Crippen molar-refractivity contribution < 1.29 is 80.2 Å². The summed E-state index contributed by atoms with van der Waals surface area (Å²) in [6.07, 6.45) is 58.1. The predicted octanol–water partition coefficient (Wildman–Crippen LogP) is 22.5. The molecule has 95 heavy (non-hydrogen) atoms. The fourth-order valence-corrected chi connectivity index (χ4v) is 13.3. The number of unbranched alkanes of at least 4 members (excludes halogenated alkanes) is 48. The summed E-state index contributed by atoms with van der Waals surface area (Å²) in [7, 11) is -9.91. The van der Waals surface area contributed by atoms with Crippen molar-refractivity contribution in [3.63, 3.8) is 0 Å². The van der Waals surface area contributed by atoms with Crippen LogP contribution in [-0.4, -0.2) is 96.7 Å². The fourth-order valence-electron chi connectivity index (χ4n) is 11.7. The van der Waals surface area contributed by atoms with Gasteiger partial charge in [-0.1, -0.05) is 349 Å². The van der Waals surface area contributed by atoms with Crippen molar-refractivity contribution in [2.75, 3.05) is 39.6 Å². The largest absolute Gasteiger partial charge is 0.472 e. The number of phosphoric ester groups is 2. The molecule has 0 spiro atoms. The Morgan fingerprint density at radius 1 is 0.284 bits per heavy atom. The molecule has 564 valence electrons. The first-order chi connectivity index (χ1) is 46.0. The van der Waals surface area contributed by atoms with Crippen LogP contribution < -0.4 is 0 Å². The van der Waals surface area contributed by atoms with Gasteiger partial charge in [-0.2, -0.15) is 0 Å². The number of esters is 4. The van der Waals surface area contributed by atoms with Crippen molar-refractivity contribution in [2.24, 2.45) is 5.92 Å². The fraction of sp³-hybridized carbons (Fsp3) is 0.947. The van der Waals surface area contributed by atoms with E-state index < -0.39 is 97.5 Å². The molecule has 0 aromatic carbocycles. The van der Waals surface area contributed by atoms with Crippen LogP contribution in [-0.2, 0) is 65.4 Å². The molecule has 0 saturated heterocycles. The van der Waals surface area contributed by atoms with E-state index in [9.17, 15) is 43.2 Å². The molecule has 2 unspecified atom stereocenters. The Hall–Kier alpha value is -1.94. The van der Waals surface area contributed by atoms with Gasteiger partial charge in [-0.3, -0.25) is 37.3 Å². The SMILES string of the molecule is CCCCCCCCCCCCCCCCCC(=O)OC[C@H](COP(=O)(O)OC[C@@H](O)COP(=O)(O)OC[C@@H](COC(=O)CCCCCCCCCCC(C)C)OC(=O)CCCCCCCCCCCCCCCC)OC(=O)CCCCCCCCCCCCCCCCC. The third kappa shape index (κ3) is 70.3. The van der Waals surface area contributed by atoms with Gasteiger partial charge in [0, 0.05) is 25.7 Å². The maximum atomic E-state index is 13.1. The maximum absolute atomic E-state index is 13.1. The minimum atomic E-state index is -4.96. The molecule has 0 bridgehead atoms. The number of aliphatic hydroxyl groups excluding tert-OH is 1. The highest BCUT2D eigenvalue weighted by Gasteiger charge is 2.30. The Morgan fingerprint density at radius 2 is 0.484 bits per heavy atom. The van der Waals surface area contributed by atoms with E-state index in [1.807, 2.05) is 0 Å². The quantitative estimate of drug-likeness (QED) is 0.0222. The first-order valence-electron chi connectivity index (χ1n) is 39.6. The summed E-state index contributed by atoms with van der Waals surface area (Å²) in [6, 6.07) is 0. The van der Waals surface area contributed by atoms with Gasteiger partial charge in [0.15, 0.2) is 12.2 Å². The monoisotopic (exact) mass is 1400 g/mol. The summed E-state index contributed by atoms with van der Waals surface area (Å²) in [4.78, 5) is 72.8. The first-order valence-corrected chi connectivity index (χ1v) is 42.6. The van der Waals surface area contributed by atoms with Crippen LogP contribution in [0.1, 0.15) is 401 Å². The third-order valence-electron chi connectivity index (χ3n) is 17.8. The average molecular weight is 1400 g/mol. The molecule has 0 heterocycles. The molecule has 17 nitrogen and oxygen atoms in total. The zero-order valence-electron chi connectivity index (χ0n) is 61.8. The molecule has 0 aliphatic rings. The molecule has 0 aromatic heterocycles. The van der Waals surface area contributed by atoms with Gasteiger partial charge in [0.2, 0.25) is 0 Å². The van der Waals surface area contributed by atoms with E-state index in [-0.39, 0.29) is 25.7 Å². The number of carbonyl (C=O) groups excluding carboxylic acids is 4. The van der Waals surface area contributed by atoms with Gasteiger partial charge < -0.3 is 33.8 Å². The van der Waals surface area contributed by atoms with E-state index in [0.29, 0.717) is 25.7 Å². The Bertz CT molecular complexity index is 1820. The summed E-state index contributed by atoms with van der Waals surface area (Å²) in [5, 5.41) is 10.6. The zero-order chi connectivity index (χ0) is 69.8. The Balaban J connectivity index is 5.26. The lowest BCUT2D eigenvalue weighted by Crippen LogP contribution is -2.30. The van der Waals surface area contributed by atoms with Gasteiger partial charge in [-0.05, 0) is 31.6 Å². The lowest BCUT2D eigenvalue weighted by Gasteiger charge is -2.21. The predicted molar refractivity (Wildman–Crippen MR) is 386 cm³/mol. The highest BCUT2D eigenvalue weighted by Crippen LogP contribution is 2.45. The van der Waals surface area contributed by atoms with Crippen LogP contribution in [0.25, 0.3) is 0 Å². The lowest BCUT2D eigenvalue weighted by atomic mass is 10.0. The van der Waals surface area contributed by atoms with Gasteiger partial charge >= 0.3 is 39.5 Å². The van der Waals surface area contributed by atoms with Crippen LogP contribution in [0.5, 0.6) is 0 Å². The number of hydrogen-bond donors (Lipinski definition) is 3. The lowest BCUT2D eigenvalue weighted by molar-refractivity contribution is -0.161. The van der Waals surface area contributed by atoms with E-state index in [0.717, 1.165) is 95.8 Å². The summed E-state index contributed by atoms with van der Waals surface area (Å²) < 4.78 is 68.6. The van der Waals surface area contributed by atoms with E-state index in [2.05, 4.69) is 34.6 Å². The highest BCUT2D eigenvalue weighted by atomic mass is 31.2. The molecular weight excluding hydrogens is 1250 g/mol. The molecule has 19 heteroatoms. The van der Waals surface area contributed by atoms with E-state index >= 15 is 0 Å². The first kappa shape index (κ1) is 93.1. The molecule has 0 amide bonds. The summed E-state index contributed by atoms with van der Waals surface area (Å²) >= 11 is 0. The van der Waals surface area contributed by atoms with Crippen molar-refractivity contribution in [3.8, 4) is 0 Å². The second kappa shape index (κ2) is 69.2. The normalized spacial score (nSPS) is 13.9. The standard InChI is InChI=1S/C76H148O17P2/c1-6-9-12-15-18-21-24-27-30-33-35-38-44-49-54-59-73(78)86-65-71(92-76(81)62-57-52-47-40-37-34-31-28-25-22-19-16-13-10-7-2)67-90-94(82,83)88-63-70(77)64-89-95(84,85)91-68-72(66-87-74(79)60-55-50-45-42-41-43-48-53-58-69(4)5)93-75(80)61-56-51-46-39-36-32-29-26-23-20-17-14-11-8-3/h69-72,77H,6-68H2,1-5H3,(H,82,83)(H,84,85)/t70-,71-,72-/m1/s1. The van der Waals surface area contributed by atoms with Gasteiger partial charge in [-0.15, -0.1) is 0 Å². The second-order valence-corrected chi connectivity index (χ2v) is 30.8. The molecule has 0 saturated carbocycles. The Kier molecular flexibility index (Phi) is 67.7. The third-order valence-corrected chi connectivity index (χ3v) is 19.7. The van der Waals surface area contributed by atoms with Gasteiger partial charge in [0.05, 0.1) is 26.4 Å². The van der Waals surface area contributed by atoms with Crippen LogP contribution >= 0.6 is 15.6 Å². The maximum Gasteiger partial charge on any atom is 0.472 e. The smallest absolute Gasteiger partial charge is 0.462 e. The van der Waals surface area contributed by atoms with Gasteiger partial charge in [-0.25, -0.2) is 9.13 Å². The highest BCUT2D eigenvalue weighted by molar-refractivity contribution is 7.47. The average Bonchev–Trinajstić information content (AvgIpc) is 2.54. The number of rotatable bonds is 76. The van der Waals surface area contributed by atoms with Crippen LogP contribution in [0.15, 0.2) is 0 Å². The summed E-state index contributed by atoms with van der Waals surface area (Å²) in [5.74, 6) is -1.38. The Morgan fingerprint density at radius 3 is 0.716 bits per heavy atom.